The molecule has 0 saturated carbocycles. The zero-order chi connectivity index (χ0) is 13.7. The van der Waals surface area contributed by atoms with Gasteiger partial charge in [0.15, 0.2) is 0 Å². The lowest BCUT2D eigenvalue weighted by atomic mass is 9.97. The van der Waals surface area contributed by atoms with Crippen LogP contribution in [0, 0.1) is 11.7 Å². The standard InChI is InChI=1S/C15H22ClFN2/c1-2-19-8-6-12(7-9-19)10-18-11-13-4-3-5-14(16)15(13)17/h3-5,12,18H,2,6-11H2,1H3. The molecule has 1 aliphatic heterocycles. The molecular formula is C15H22ClFN2. The van der Waals surface area contributed by atoms with E-state index in [0.717, 1.165) is 13.1 Å². The van der Waals surface area contributed by atoms with Crippen molar-refractivity contribution in [2.75, 3.05) is 26.2 Å². The number of nitrogens with zero attached hydrogens (tertiary/aromatic N) is 1. The Morgan fingerprint density at radius 1 is 1.37 bits per heavy atom. The van der Waals surface area contributed by atoms with Gasteiger partial charge in [-0.15, -0.1) is 0 Å². The Morgan fingerprint density at radius 3 is 2.79 bits per heavy atom. The second-order valence-corrected chi connectivity index (χ2v) is 5.63. The van der Waals surface area contributed by atoms with Gasteiger partial charge in [-0.2, -0.15) is 0 Å². The largest absolute Gasteiger partial charge is 0.312 e. The Morgan fingerprint density at radius 2 is 2.11 bits per heavy atom. The summed E-state index contributed by atoms with van der Waals surface area (Å²) in [6.07, 6.45) is 2.47. The third-order valence-electron chi connectivity index (χ3n) is 3.93. The highest BCUT2D eigenvalue weighted by Crippen LogP contribution is 2.19. The second kappa shape index (κ2) is 7.22. The molecule has 0 aliphatic carbocycles. The van der Waals surface area contributed by atoms with Crippen molar-refractivity contribution in [1.29, 1.82) is 0 Å². The summed E-state index contributed by atoms with van der Waals surface area (Å²) in [5, 5.41) is 3.56. The Kier molecular flexibility index (Phi) is 5.61. The van der Waals surface area contributed by atoms with Gasteiger partial charge in [0.25, 0.3) is 0 Å². The molecule has 1 aromatic carbocycles. The first-order valence-corrected chi connectivity index (χ1v) is 7.44. The molecule has 0 spiro atoms. The van der Waals surface area contributed by atoms with Crippen molar-refractivity contribution in [3.05, 3.63) is 34.6 Å². The van der Waals surface area contributed by atoms with Crippen LogP contribution >= 0.6 is 11.6 Å². The molecule has 4 heteroatoms. The zero-order valence-corrected chi connectivity index (χ0v) is 12.2. The molecule has 1 heterocycles. The summed E-state index contributed by atoms with van der Waals surface area (Å²) in [4.78, 5) is 2.48. The van der Waals surface area contributed by atoms with Gasteiger partial charge in [0.1, 0.15) is 5.82 Å². The van der Waals surface area contributed by atoms with E-state index in [9.17, 15) is 4.39 Å². The van der Waals surface area contributed by atoms with E-state index in [1.807, 2.05) is 0 Å². The maximum Gasteiger partial charge on any atom is 0.146 e. The fourth-order valence-corrected chi connectivity index (χ4v) is 2.80. The summed E-state index contributed by atoms with van der Waals surface area (Å²) in [5.41, 5.74) is 0.651. The summed E-state index contributed by atoms with van der Waals surface area (Å²) in [5.74, 6) is 0.419. The molecule has 1 aliphatic rings. The molecule has 1 N–H and O–H groups in total. The molecule has 1 fully saturated rings. The summed E-state index contributed by atoms with van der Waals surface area (Å²) in [6, 6.07) is 5.16. The lowest BCUT2D eigenvalue weighted by molar-refractivity contribution is 0.190. The molecule has 0 unspecified atom stereocenters. The van der Waals surface area contributed by atoms with Crippen molar-refractivity contribution < 1.29 is 4.39 Å². The summed E-state index contributed by atoms with van der Waals surface area (Å²) < 4.78 is 13.7. The van der Waals surface area contributed by atoms with Gasteiger partial charge >= 0.3 is 0 Å². The van der Waals surface area contributed by atoms with Crippen molar-refractivity contribution in [2.24, 2.45) is 5.92 Å². The number of benzene rings is 1. The smallest absolute Gasteiger partial charge is 0.146 e. The minimum atomic E-state index is -0.294. The van der Waals surface area contributed by atoms with Gasteiger partial charge in [-0.3, -0.25) is 0 Å². The first kappa shape index (κ1) is 14.8. The van der Waals surface area contributed by atoms with E-state index in [4.69, 9.17) is 11.6 Å². The average molecular weight is 285 g/mol. The van der Waals surface area contributed by atoms with E-state index in [1.165, 1.54) is 25.9 Å². The number of halogens is 2. The number of likely N-dealkylation sites (tertiary alicyclic amines) is 1. The van der Waals surface area contributed by atoms with E-state index in [2.05, 4.69) is 17.1 Å². The fourth-order valence-electron chi connectivity index (χ4n) is 2.60. The first-order chi connectivity index (χ1) is 9.20. The molecule has 1 aromatic rings. The van der Waals surface area contributed by atoms with E-state index in [-0.39, 0.29) is 10.8 Å². The van der Waals surface area contributed by atoms with E-state index in [1.54, 1.807) is 18.2 Å². The molecular weight excluding hydrogens is 263 g/mol. The Bertz CT molecular complexity index is 403. The topological polar surface area (TPSA) is 15.3 Å². The quantitative estimate of drug-likeness (QED) is 0.892. The maximum absolute atomic E-state index is 13.7. The number of nitrogens with one attached hydrogen (secondary N) is 1. The summed E-state index contributed by atoms with van der Waals surface area (Å²) >= 11 is 5.77. The van der Waals surface area contributed by atoms with E-state index < -0.39 is 0 Å². The number of rotatable bonds is 5. The monoisotopic (exact) mass is 284 g/mol. The van der Waals surface area contributed by atoms with Gasteiger partial charge in [0.05, 0.1) is 5.02 Å². The normalized spacial score (nSPS) is 17.8. The highest BCUT2D eigenvalue weighted by molar-refractivity contribution is 6.30. The fraction of sp³-hybridized carbons (Fsp3) is 0.600. The van der Waals surface area contributed by atoms with Crippen LogP contribution < -0.4 is 5.32 Å². The van der Waals surface area contributed by atoms with Crippen molar-refractivity contribution in [3.8, 4) is 0 Å². The van der Waals surface area contributed by atoms with Gasteiger partial charge in [0.2, 0.25) is 0 Å². The van der Waals surface area contributed by atoms with Gasteiger partial charge in [-0.25, -0.2) is 4.39 Å². The number of piperidine rings is 1. The summed E-state index contributed by atoms with van der Waals surface area (Å²) in [6.45, 7) is 7.25. The van der Waals surface area contributed by atoms with Crippen LogP contribution in [-0.2, 0) is 6.54 Å². The second-order valence-electron chi connectivity index (χ2n) is 5.22. The zero-order valence-electron chi connectivity index (χ0n) is 11.5. The van der Waals surface area contributed by atoms with Crippen LogP contribution in [0.5, 0.6) is 0 Å². The van der Waals surface area contributed by atoms with E-state index in [0.29, 0.717) is 18.0 Å². The lowest BCUT2D eigenvalue weighted by Crippen LogP contribution is -2.37. The third-order valence-corrected chi connectivity index (χ3v) is 4.23. The van der Waals surface area contributed by atoms with Crippen LogP contribution in [0.4, 0.5) is 4.39 Å². The molecule has 106 valence electrons. The predicted molar refractivity (Wildman–Crippen MR) is 78.0 cm³/mol. The van der Waals surface area contributed by atoms with Crippen molar-refractivity contribution in [2.45, 2.75) is 26.3 Å². The van der Waals surface area contributed by atoms with E-state index >= 15 is 0 Å². The Balaban J connectivity index is 1.74. The van der Waals surface area contributed by atoms with Crippen LogP contribution in [0.3, 0.4) is 0 Å². The Hall–Kier alpha value is -0.640. The highest BCUT2D eigenvalue weighted by Gasteiger charge is 2.17. The summed E-state index contributed by atoms with van der Waals surface area (Å²) in [7, 11) is 0. The van der Waals surface area contributed by atoms with Gasteiger partial charge in [0, 0.05) is 12.1 Å². The molecule has 0 radical (unpaired) electrons. The van der Waals surface area contributed by atoms with Crippen molar-refractivity contribution in [3.63, 3.8) is 0 Å². The van der Waals surface area contributed by atoms with Crippen molar-refractivity contribution in [1.82, 2.24) is 10.2 Å². The van der Waals surface area contributed by atoms with Gasteiger partial charge in [-0.05, 0) is 51.0 Å². The molecule has 19 heavy (non-hydrogen) atoms. The van der Waals surface area contributed by atoms with Crippen LogP contribution in [0.2, 0.25) is 5.02 Å². The minimum absolute atomic E-state index is 0.204. The minimum Gasteiger partial charge on any atom is -0.312 e. The molecule has 0 atom stereocenters. The number of hydrogen-bond acceptors (Lipinski definition) is 2. The molecule has 0 aromatic heterocycles. The SMILES string of the molecule is CCN1CCC(CNCc2cccc(Cl)c2F)CC1. The third kappa shape index (κ3) is 4.16. The van der Waals surface area contributed by atoms with Crippen LogP contribution in [-0.4, -0.2) is 31.1 Å². The Labute approximate surface area is 119 Å². The van der Waals surface area contributed by atoms with Crippen LogP contribution in [0.25, 0.3) is 0 Å². The average Bonchev–Trinajstić information content (AvgIpc) is 2.44. The molecule has 0 bridgehead atoms. The predicted octanol–water partition coefficient (Wildman–Crippen LogP) is 3.30. The molecule has 2 nitrogen and oxygen atoms in total. The molecule has 2 rings (SSSR count). The van der Waals surface area contributed by atoms with Gasteiger partial charge < -0.3 is 10.2 Å². The van der Waals surface area contributed by atoms with Gasteiger partial charge in [-0.1, -0.05) is 30.7 Å². The van der Waals surface area contributed by atoms with Crippen molar-refractivity contribution >= 4 is 11.6 Å². The van der Waals surface area contributed by atoms with Crippen LogP contribution in [0.15, 0.2) is 18.2 Å². The first-order valence-electron chi connectivity index (χ1n) is 7.06. The molecule has 0 amide bonds. The highest BCUT2D eigenvalue weighted by atomic mass is 35.5. The lowest BCUT2D eigenvalue weighted by Gasteiger charge is -2.31. The number of hydrogen-bond donors (Lipinski definition) is 1. The molecule has 1 saturated heterocycles. The van der Waals surface area contributed by atoms with Crippen LogP contribution in [0.1, 0.15) is 25.3 Å². The maximum atomic E-state index is 13.7.